The molecular weight excluding hydrogens is 251 g/mol. The third kappa shape index (κ3) is 2.05. The van der Waals surface area contributed by atoms with Crippen LogP contribution in [0.15, 0.2) is 42.7 Å². The predicted octanol–water partition coefficient (Wildman–Crippen LogP) is 0.0143. The summed E-state index contributed by atoms with van der Waals surface area (Å²) in [7, 11) is 3.58. The van der Waals surface area contributed by atoms with Gasteiger partial charge in [-0.1, -0.05) is 12.1 Å². The first-order valence-electron chi connectivity index (χ1n) is 6.32. The van der Waals surface area contributed by atoms with Gasteiger partial charge in [-0.2, -0.15) is 5.10 Å². The lowest BCUT2D eigenvalue weighted by atomic mass is 10.0. The van der Waals surface area contributed by atoms with Crippen LogP contribution < -0.4 is 10.9 Å². The van der Waals surface area contributed by atoms with E-state index >= 15 is 0 Å². The molecule has 0 spiro atoms. The molecule has 6 heteroatoms. The van der Waals surface area contributed by atoms with Crippen LogP contribution in [0.25, 0.3) is 16.8 Å². The number of rotatable bonds is 2. The molecule has 0 fully saturated rings. The van der Waals surface area contributed by atoms with E-state index in [1.54, 1.807) is 30.0 Å². The van der Waals surface area contributed by atoms with Gasteiger partial charge < -0.3 is 5.32 Å². The van der Waals surface area contributed by atoms with E-state index in [0.29, 0.717) is 5.56 Å². The molecule has 5 nitrogen and oxygen atoms in total. The summed E-state index contributed by atoms with van der Waals surface area (Å²) in [5.41, 5.74) is 4.30. The third-order valence-corrected chi connectivity index (χ3v) is 3.22. The maximum atomic E-state index is 11.7. The van der Waals surface area contributed by atoms with Gasteiger partial charge >= 0.3 is 0 Å². The quantitative estimate of drug-likeness (QED) is 0.663. The average molecular weight is 264 g/mol. The smallest absolute Gasteiger partial charge is 0.251 e. The van der Waals surface area contributed by atoms with Crippen LogP contribution in [0.2, 0.25) is 0 Å². The Labute approximate surface area is 117 Å². The van der Waals surface area contributed by atoms with Crippen LogP contribution in [0, 0.1) is 0 Å². The Kier molecular flexibility index (Phi) is 2.98. The lowest BCUT2D eigenvalue weighted by Gasteiger charge is -2.05. The number of carbonyl (C=O) groups is 1. The van der Waals surface area contributed by atoms with E-state index in [2.05, 4.69) is 15.4 Å². The summed E-state index contributed by atoms with van der Waals surface area (Å²) in [6.45, 7) is 0. The molecule has 1 aromatic carbocycles. The van der Waals surface area contributed by atoms with Gasteiger partial charge in [0.1, 0.15) is 0 Å². The highest BCUT2D eigenvalue weighted by molar-refractivity contribution is 6.31. The van der Waals surface area contributed by atoms with Crippen molar-refractivity contribution in [2.75, 3.05) is 7.05 Å². The molecule has 2 heterocycles. The highest BCUT2D eigenvalue weighted by atomic mass is 16.1. The Morgan fingerprint density at radius 3 is 2.90 bits per heavy atom. The monoisotopic (exact) mass is 264 g/mol. The topological polar surface area (TPSA) is 59.3 Å². The second-order valence-corrected chi connectivity index (χ2v) is 4.57. The summed E-state index contributed by atoms with van der Waals surface area (Å²) in [4.78, 5) is 16.0. The molecule has 0 aliphatic carbocycles. The zero-order chi connectivity index (χ0) is 14.1. The molecule has 0 aliphatic heterocycles. The van der Waals surface area contributed by atoms with Gasteiger partial charge in [-0.05, 0) is 23.8 Å². The number of carbonyl (C=O) groups excluding carboxylic acids is 1. The lowest BCUT2D eigenvalue weighted by molar-refractivity contribution is 0.0963. The van der Waals surface area contributed by atoms with Gasteiger partial charge in [-0.15, -0.1) is 0 Å². The van der Waals surface area contributed by atoms with Crippen LogP contribution >= 0.6 is 0 Å². The first kappa shape index (κ1) is 12.4. The Hall–Kier alpha value is -2.63. The van der Waals surface area contributed by atoms with Gasteiger partial charge in [0.25, 0.3) is 5.91 Å². The van der Waals surface area contributed by atoms with Crippen LogP contribution in [0.5, 0.6) is 0 Å². The fourth-order valence-electron chi connectivity index (χ4n) is 2.14. The third-order valence-electron chi connectivity index (χ3n) is 3.22. The van der Waals surface area contributed by atoms with Crippen molar-refractivity contribution in [3.05, 3.63) is 48.3 Å². The second kappa shape index (κ2) is 4.81. The zero-order valence-electron chi connectivity index (χ0n) is 11.3. The number of benzene rings is 1. The highest BCUT2D eigenvalue weighted by Gasteiger charge is 2.07. The van der Waals surface area contributed by atoms with Crippen molar-refractivity contribution in [3.8, 4) is 11.1 Å². The Morgan fingerprint density at radius 2 is 2.10 bits per heavy atom. The van der Waals surface area contributed by atoms with E-state index in [4.69, 9.17) is 0 Å². The fourth-order valence-corrected chi connectivity index (χ4v) is 2.14. The van der Waals surface area contributed by atoms with Crippen LogP contribution in [0.3, 0.4) is 0 Å². The number of fused-ring (bicyclic) bond motifs is 1. The molecular formula is C14H13BN4O. The number of hydrogen-bond acceptors (Lipinski definition) is 3. The first-order valence-corrected chi connectivity index (χ1v) is 6.32. The molecule has 0 aliphatic rings. The first-order chi connectivity index (χ1) is 9.69. The molecule has 0 unspecified atom stereocenters. The summed E-state index contributed by atoms with van der Waals surface area (Å²) in [5.74, 6) is -0.0995. The van der Waals surface area contributed by atoms with Crippen molar-refractivity contribution >= 4 is 25.0 Å². The number of amides is 1. The minimum absolute atomic E-state index is 0.0995. The molecule has 3 rings (SSSR count). The molecule has 0 saturated carbocycles. The molecule has 3 aromatic rings. The second-order valence-electron chi connectivity index (χ2n) is 4.57. The minimum atomic E-state index is -0.0995. The molecule has 1 N–H and O–H groups in total. The molecule has 0 saturated heterocycles. The van der Waals surface area contributed by atoms with Gasteiger partial charge in [-0.3, -0.25) is 4.79 Å². The Bertz CT molecular complexity index is 797. The molecule has 1 amide bonds. The summed E-state index contributed by atoms with van der Waals surface area (Å²) >= 11 is 0. The normalized spacial score (nSPS) is 10.7. The van der Waals surface area contributed by atoms with Crippen molar-refractivity contribution in [1.29, 1.82) is 0 Å². The van der Waals surface area contributed by atoms with Crippen LogP contribution in [-0.2, 0) is 0 Å². The van der Waals surface area contributed by atoms with E-state index in [-0.39, 0.29) is 5.91 Å². The van der Waals surface area contributed by atoms with Crippen LogP contribution in [0.4, 0.5) is 0 Å². The van der Waals surface area contributed by atoms with Crippen molar-refractivity contribution in [2.45, 2.75) is 0 Å². The fraction of sp³-hybridized carbons (Fsp3) is 0.0714. The maximum absolute atomic E-state index is 11.7. The van der Waals surface area contributed by atoms with Crippen LogP contribution in [-0.4, -0.2) is 35.4 Å². The van der Waals surface area contributed by atoms with Gasteiger partial charge in [0.2, 0.25) is 0 Å². The van der Waals surface area contributed by atoms with E-state index in [1.807, 2.05) is 32.1 Å². The highest BCUT2D eigenvalue weighted by Crippen LogP contribution is 2.20. The van der Waals surface area contributed by atoms with Crippen molar-refractivity contribution in [2.24, 2.45) is 0 Å². The average Bonchev–Trinajstić information content (AvgIpc) is 2.87. The van der Waals surface area contributed by atoms with E-state index in [1.165, 1.54) is 0 Å². The van der Waals surface area contributed by atoms with Crippen molar-refractivity contribution in [1.82, 2.24) is 19.9 Å². The van der Waals surface area contributed by atoms with Gasteiger partial charge in [0.15, 0.2) is 13.5 Å². The molecule has 2 aromatic heterocycles. The SMILES string of the molecule is Bc1cnc2cc(-c3cccc(C(=O)NC)c3)cnn12. The van der Waals surface area contributed by atoms with Gasteiger partial charge in [0, 0.05) is 30.0 Å². The van der Waals surface area contributed by atoms with Crippen molar-refractivity contribution in [3.63, 3.8) is 0 Å². The number of aromatic nitrogens is 3. The summed E-state index contributed by atoms with van der Waals surface area (Å²) in [6, 6.07) is 9.41. The molecule has 0 atom stereocenters. The summed E-state index contributed by atoms with van der Waals surface area (Å²) in [6.07, 6.45) is 3.57. The Balaban J connectivity index is 2.08. The summed E-state index contributed by atoms with van der Waals surface area (Å²) in [5, 5.41) is 6.99. The largest absolute Gasteiger partial charge is 0.355 e. The summed E-state index contributed by atoms with van der Waals surface area (Å²) < 4.78 is 1.78. The van der Waals surface area contributed by atoms with Crippen molar-refractivity contribution < 1.29 is 4.79 Å². The van der Waals surface area contributed by atoms with Gasteiger partial charge in [0.05, 0.1) is 6.20 Å². The predicted molar refractivity (Wildman–Crippen MR) is 80.0 cm³/mol. The van der Waals surface area contributed by atoms with Gasteiger partial charge in [-0.25, -0.2) is 9.50 Å². The number of hydrogen-bond donors (Lipinski definition) is 1. The number of nitrogens with zero attached hydrogens (tertiary/aromatic N) is 3. The zero-order valence-corrected chi connectivity index (χ0v) is 11.3. The van der Waals surface area contributed by atoms with E-state index in [0.717, 1.165) is 22.4 Å². The molecule has 98 valence electrons. The number of nitrogens with one attached hydrogen (secondary N) is 1. The maximum Gasteiger partial charge on any atom is 0.251 e. The molecule has 0 bridgehead atoms. The Morgan fingerprint density at radius 1 is 1.25 bits per heavy atom. The molecule has 0 radical (unpaired) electrons. The number of imidazole rings is 1. The molecule has 20 heavy (non-hydrogen) atoms. The van der Waals surface area contributed by atoms with Crippen LogP contribution in [0.1, 0.15) is 10.4 Å². The standard InChI is InChI=1S/C14H13BN4O/c1-16-14(20)10-4-2-3-9(5-10)11-6-13-17-8-12(15)19(13)18-7-11/h2-8H,15H2,1H3,(H,16,20). The van der Waals surface area contributed by atoms with E-state index < -0.39 is 0 Å². The van der Waals surface area contributed by atoms with E-state index in [9.17, 15) is 4.79 Å². The minimum Gasteiger partial charge on any atom is -0.355 e. The lowest BCUT2D eigenvalue weighted by Crippen LogP contribution is -2.17.